The third-order valence-corrected chi connectivity index (χ3v) is 3.72. The van der Waals surface area contributed by atoms with Gasteiger partial charge in [-0.1, -0.05) is 18.2 Å². The Bertz CT molecular complexity index is 636. The zero-order chi connectivity index (χ0) is 16.7. The molecule has 0 N–H and O–H groups in total. The Balaban J connectivity index is 2.20. The van der Waals surface area contributed by atoms with E-state index >= 15 is 0 Å². The standard InChI is InChI=1S/C19H23NO3/c1-4-20(5-2)19(21)15-11-12-18(22-3)16(13-15)14-23-17-9-7-6-8-10-17/h6-13H,4-5,14H2,1-3H3. The van der Waals surface area contributed by atoms with E-state index in [4.69, 9.17) is 9.47 Å². The fraction of sp³-hybridized carbons (Fsp3) is 0.316. The number of carbonyl (C=O) groups is 1. The molecule has 2 rings (SSSR count). The molecule has 0 atom stereocenters. The minimum Gasteiger partial charge on any atom is -0.496 e. The third kappa shape index (κ3) is 4.25. The second kappa shape index (κ2) is 8.22. The predicted molar refractivity (Wildman–Crippen MR) is 91.0 cm³/mol. The van der Waals surface area contributed by atoms with E-state index in [1.165, 1.54) is 0 Å². The second-order valence-electron chi connectivity index (χ2n) is 5.11. The smallest absolute Gasteiger partial charge is 0.253 e. The largest absolute Gasteiger partial charge is 0.496 e. The summed E-state index contributed by atoms with van der Waals surface area (Å²) in [4.78, 5) is 14.3. The van der Waals surface area contributed by atoms with Gasteiger partial charge in [0.25, 0.3) is 5.91 Å². The number of benzene rings is 2. The summed E-state index contributed by atoms with van der Waals surface area (Å²) in [5, 5.41) is 0. The van der Waals surface area contributed by atoms with E-state index in [1.54, 1.807) is 18.1 Å². The lowest BCUT2D eigenvalue weighted by Crippen LogP contribution is -2.30. The molecule has 0 saturated carbocycles. The monoisotopic (exact) mass is 313 g/mol. The van der Waals surface area contributed by atoms with Crippen LogP contribution in [0.15, 0.2) is 48.5 Å². The zero-order valence-electron chi connectivity index (χ0n) is 13.9. The molecule has 1 amide bonds. The summed E-state index contributed by atoms with van der Waals surface area (Å²) in [6.45, 7) is 5.69. The number of methoxy groups -OCH3 is 1. The number of nitrogens with zero attached hydrogens (tertiary/aromatic N) is 1. The molecule has 0 saturated heterocycles. The summed E-state index contributed by atoms with van der Waals surface area (Å²) in [5.74, 6) is 1.53. The van der Waals surface area contributed by atoms with Gasteiger partial charge < -0.3 is 14.4 Å². The van der Waals surface area contributed by atoms with Gasteiger partial charge in [-0.25, -0.2) is 0 Å². The molecule has 0 spiro atoms. The molecule has 0 heterocycles. The normalized spacial score (nSPS) is 10.2. The maximum atomic E-state index is 12.5. The maximum Gasteiger partial charge on any atom is 0.253 e. The summed E-state index contributed by atoms with van der Waals surface area (Å²) >= 11 is 0. The average molecular weight is 313 g/mol. The van der Waals surface area contributed by atoms with Crippen LogP contribution in [0.3, 0.4) is 0 Å². The van der Waals surface area contributed by atoms with Crippen LogP contribution < -0.4 is 9.47 Å². The van der Waals surface area contributed by atoms with Crippen molar-refractivity contribution in [2.75, 3.05) is 20.2 Å². The fourth-order valence-electron chi connectivity index (χ4n) is 2.40. The highest BCUT2D eigenvalue weighted by atomic mass is 16.5. The van der Waals surface area contributed by atoms with Crippen LogP contribution >= 0.6 is 0 Å². The van der Waals surface area contributed by atoms with Crippen molar-refractivity contribution in [3.8, 4) is 11.5 Å². The topological polar surface area (TPSA) is 38.8 Å². The molecule has 0 aliphatic carbocycles. The van der Waals surface area contributed by atoms with Crippen molar-refractivity contribution in [2.24, 2.45) is 0 Å². The first kappa shape index (κ1) is 16.9. The first-order valence-electron chi connectivity index (χ1n) is 7.83. The Hall–Kier alpha value is -2.49. The van der Waals surface area contributed by atoms with Crippen LogP contribution in [0.4, 0.5) is 0 Å². The first-order valence-corrected chi connectivity index (χ1v) is 7.83. The Morgan fingerprint density at radius 3 is 2.35 bits per heavy atom. The lowest BCUT2D eigenvalue weighted by atomic mass is 10.1. The van der Waals surface area contributed by atoms with Crippen LogP contribution in [0, 0.1) is 0 Å². The van der Waals surface area contributed by atoms with Crippen molar-refractivity contribution in [3.63, 3.8) is 0 Å². The van der Waals surface area contributed by atoms with Gasteiger partial charge >= 0.3 is 0 Å². The van der Waals surface area contributed by atoms with Gasteiger partial charge in [-0.05, 0) is 44.2 Å². The molecular weight excluding hydrogens is 290 g/mol. The van der Waals surface area contributed by atoms with Crippen molar-refractivity contribution >= 4 is 5.91 Å². The molecule has 0 bridgehead atoms. The minimum absolute atomic E-state index is 0.0265. The number of carbonyl (C=O) groups excluding carboxylic acids is 1. The van der Waals surface area contributed by atoms with Crippen molar-refractivity contribution in [3.05, 3.63) is 59.7 Å². The van der Waals surface area contributed by atoms with E-state index in [0.29, 0.717) is 25.3 Å². The first-order chi connectivity index (χ1) is 11.2. The van der Waals surface area contributed by atoms with Crippen LogP contribution in [0.2, 0.25) is 0 Å². The second-order valence-corrected chi connectivity index (χ2v) is 5.11. The molecule has 4 heteroatoms. The van der Waals surface area contributed by atoms with Crippen molar-refractivity contribution in [1.82, 2.24) is 4.90 Å². The minimum atomic E-state index is 0.0265. The predicted octanol–water partition coefficient (Wildman–Crippen LogP) is 3.76. The van der Waals surface area contributed by atoms with Gasteiger partial charge in [-0.2, -0.15) is 0 Å². The van der Waals surface area contributed by atoms with Gasteiger partial charge in [0.1, 0.15) is 18.1 Å². The molecule has 0 aliphatic rings. The van der Waals surface area contributed by atoms with Crippen molar-refractivity contribution in [1.29, 1.82) is 0 Å². The maximum absolute atomic E-state index is 12.5. The molecule has 4 nitrogen and oxygen atoms in total. The van der Waals surface area contributed by atoms with Gasteiger partial charge in [0.15, 0.2) is 0 Å². The molecule has 2 aromatic carbocycles. The third-order valence-electron chi connectivity index (χ3n) is 3.72. The SMILES string of the molecule is CCN(CC)C(=O)c1ccc(OC)c(COc2ccccc2)c1. The summed E-state index contributed by atoms with van der Waals surface area (Å²) in [7, 11) is 1.62. The quantitative estimate of drug-likeness (QED) is 0.781. The lowest BCUT2D eigenvalue weighted by molar-refractivity contribution is 0.0772. The van der Waals surface area contributed by atoms with Crippen LogP contribution in [0.1, 0.15) is 29.8 Å². The molecule has 2 aromatic rings. The molecule has 0 unspecified atom stereocenters. The van der Waals surface area contributed by atoms with Crippen LogP contribution in [-0.4, -0.2) is 31.0 Å². The Morgan fingerprint density at radius 1 is 1.04 bits per heavy atom. The Labute approximate surface area is 137 Å². The zero-order valence-corrected chi connectivity index (χ0v) is 13.9. The van der Waals surface area contributed by atoms with E-state index in [9.17, 15) is 4.79 Å². The molecule has 122 valence electrons. The molecule has 0 radical (unpaired) electrons. The van der Waals surface area contributed by atoms with Crippen LogP contribution in [0.25, 0.3) is 0 Å². The van der Waals surface area contributed by atoms with Crippen molar-refractivity contribution in [2.45, 2.75) is 20.5 Å². The molecule has 0 fully saturated rings. The fourth-order valence-corrected chi connectivity index (χ4v) is 2.40. The average Bonchev–Trinajstić information content (AvgIpc) is 2.61. The summed E-state index contributed by atoms with van der Waals surface area (Å²) < 4.78 is 11.2. The van der Waals surface area contributed by atoms with Crippen LogP contribution in [-0.2, 0) is 6.61 Å². The van der Waals surface area contributed by atoms with E-state index < -0.39 is 0 Å². The summed E-state index contributed by atoms with van der Waals surface area (Å²) in [6.07, 6.45) is 0. The lowest BCUT2D eigenvalue weighted by Gasteiger charge is -2.19. The molecular formula is C19H23NO3. The number of amides is 1. The molecule has 0 aliphatic heterocycles. The number of ether oxygens (including phenoxy) is 2. The van der Waals surface area contributed by atoms with Gasteiger partial charge in [0.05, 0.1) is 7.11 Å². The highest BCUT2D eigenvalue weighted by molar-refractivity contribution is 5.94. The summed E-state index contributed by atoms with van der Waals surface area (Å²) in [5.41, 5.74) is 1.51. The number of hydrogen-bond acceptors (Lipinski definition) is 3. The molecule has 0 aromatic heterocycles. The van der Waals surface area contributed by atoms with Gasteiger partial charge in [-0.15, -0.1) is 0 Å². The van der Waals surface area contributed by atoms with Gasteiger partial charge in [0.2, 0.25) is 0 Å². The Kier molecular flexibility index (Phi) is 6.03. The van der Waals surface area contributed by atoms with E-state index in [-0.39, 0.29) is 5.91 Å². The molecule has 23 heavy (non-hydrogen) atoms. The Morgan fingerprint density at radius 2 is 1.74 bits per heavy atom. The van der Waals surface area contributed by atoms with E-state index in [0.717, 1.165) is 17.1 Å². The number of hydrogen-bond donors (Lipinski definition) is 0. The highest BCUT2D eigenvalue weighted by Crippen LogP contribution is 2.23. The van der Waals surface area contributed by atoms with Gasteiger partial charge in [0, 0.05) is 24.2 Å². The summed E-state index contributed by atoms with van der Waals surface area (Å²) in [6, 6.07) is 15.1. The highest BCUT2D eigenvalue weighted by Gasteiger charge is 2.15. The van der Waals surface area contributed by atoms with E-state index in [2.05, 4.69) is 0 Å². The van der Waals surface area contributed by atoms with Crippen molar-refractivity contribution < 1.29 is 14.3 Å². The number of rotatable bonds is 7. The number of para-hydroxylation sites is 1. The van der Waals surface area contributed by atoms with Gasteiger partial charge in [-0.3, -0.25) is 4.79 Å². The van der Waals surface area contributed by atoms with Crippen LogP contribution in [0.5, 0.6) is 11.5 Å². The van der Waals surface area contributed by atoms with E-state index in [1.807, 2.05) is 56.3 Å².